The van der Waals surface area contributed by atoms with Gasteiger partial charge in [-0.1, -0.05) is 26.0 Å². The molecule has 2 amide bonds. The van der Waals surface area contributed by atoms with Crippen LogP contribution < -0.4 is 10.6 Å². The fraction of sp³-hybridized carbons (Fsp3) is 0.429. The molecule has 1 atom stereocenters. The first-order valence-corrected chi connectivity index (χ1v) is 11.6. The number of hydrogen-bond donors (Lipinski definition) is 2. The molecule has 2 aromatic rings. The molecule has 28 heavy (non-hydrogen) atoms. The van der Waals surface area contributed by atoms with E-state index in [0.29, 0.717) is 6.54 Å². The topological polar surface area (TPSA) is 61.4 Å². The molecule has 7 heteroatoms. The van der Waals surface area contributed by atoms with Gasteiger partial charge in [0.2, 0.25) is 11.8 Å². The summed E-state index contributed by atoms with van der Waals surface area (Å²) >= 11 is 3.00. The van der Waals surface area contributed by atoms with Gasteiger partial charge in [-0.3, -0.25) is 14.5 Å². The lowest BCUT2D eigenvalue weighted by Gasteiger charge is -2.29. The van der Waals surface area contributed by atoms with Crippen molar-refractivity contribution in [3.8, 4) is 0 Å². The maximum absolute atomic E-state index is 12.2. The average molecular weight is 420 g/mol. The molecule has 5 nitrogen and oxygen atoms in total. The molecule has 0 bridgehead atoms. The number of benzene rings is 1. The van der Waals surface area contributed by atoms with Crippen LogP contribution >= 0.6 is 23.1 Å². The second-order valence-corrected chi connectivity index (χ2v) is 8.27. The van der Waals surface area contributed by atoms with Crippen LogP contribution in [0.4, 0.5) is 5.69 Å². The number of thiophene rings is 1. The molecule has 0 spiro atoms. The molecule has 0 aliphatic rings. The van der Waals surface area contributed by atoms with Crippen molar-refractivity contribution in [3.63, 3.8) is 0 Å². The minimum atomic E-state index is -0.0947. The molecular weight excluding hydrogens is 390 g/mol. The second kappa shape index (κ2) is 11.9. The average Bonchev–Trinajstić information content (AvgIpc) is 3.19. The third-order valence-electron chi connectivity index (χ3n) is 4.44. The van der Waals surface area contributed by atoms with Gasteiger partial charge >= 0.3 is 0 Å². The summed E-state index contributed by atoms with van der Waals surface area (Å²) < 4.78 is 0. The van der Waals surface area contributed by atoms with Crippen molar-refractivity contribution in [3.05, 3.63) is 52.2 Å². The molecule has 1 unspecified atom stereocenters. The van der Waals surface area contributed by atoms with Crippen molar-refractivity contribution in [2.45, 2.75) is 26.8 Å². The lowest BCUT2D eigenvalue weighted by atomic mass is 10.1. The Bertz CT molecular complexity index is 746. The maximum atomic E-state index is 12.2. The van der Waals surface area contributed by atoms with Gasteiger partial charge in [0.15, 0.2) is 0 Å². The second-order valence-electron chi connectivity index (χ2n) is 6.51. The predicted octanol–water partition coefficient (Wildman–Crippen LogP) is 3.93. The fourth-order valence-electron chi connectivity index (χ4n) is 3.00. The highest BCUT2D eigenvalue weighted by molar-refractivity contribution is 8.00. The Balaban J connectivity index is 1.74. The molecule has 1 aromatic carbocycles. The van der Waals surface area contributed by atoms with Crippen LogP contribution in [0, 0.1) is 6.92 Å². The summed E-state index contributed by atoms with van der Waals surface area (Å²) in [6.07, 6.45) is 0. The van der Waals surface area contributed by atoms with Crippen LogP contribution in [0.25, 0.3) is 0 Å². The molecule has 1 heterocycles. The standard InChI is InChI=1S/C21H29N3O2S2/c1-4-24(5-2)19(17-9-10-27-13-17)12-22-20(25)14-28-15-21(26)23-18-8-6-7-16(3)11-18/h6-11,13,19H,4-5,12,14-15H2,1-3H3,(H,22,25)(H,23,26). The number of aryl methyl sites for hydroxylation is 1. The number of amides is 2. The van der Waals surface area contributed by atoms with Crippen LogP contribution in [0.1, 0.15) is 31.0 Å². The van der Waals surface area contributed by atoms with Crippen molar-refractivity contribution in [1.29, 1.82) is 0 Å². The lowest BCUT2D eigenvalue weighted by molar-refractivity contribution is -0.118. The number of hydrogen-bond acceptors (Lipinski definition) is 5. The quantitative estimate of drug-likeness (QED) is 0.579. The monoisotopic (exact) mass is 419 g/mol. The largest absolute Gasteiger partial charge is 0.353 e. The Kier molecular flexibility index (Phi) is 9.54. The third-order valence-corrected chi connectivity index (χ3v) is 6.08. The van der Waals surface area contributed by atoms with Crippen molar-refractivity contribution < 1.29 is 9.59 Å². The van der Waals surface area contributed by atoms with Gasteiger partial charge in [0, 0.05) is 12.2 Å². The molecule has 2 N–H and O–H groups in total. The summed E-state index contributed by atoms with van der Waals surface area (Å²) in [5.74, 6) is 0.393. The highest BCUT2D eigenvalue weighted by Gasteiger charge is 2.19. The minimum Gasteiger partial charge on any atom is -0.353 e. The molecular formula is C21H29N3O2S2. The zero-order valence-corrected chi connectivity index (χ0v) is 18.4. The molecule has 0 saturated carbocycles. The Labute approximate surface area is 175 Å². The predicted molar refractivity (Wildman–Crippen MR) is 120 cm³/mol. The fourth-order valence-corrected chi connectivity index (χ4v) is 4.36. The van der Waals surface area contributed by atoms with Crippen molar-refractivity contribution in [2.75, 3.05) is 36.5 Å². The van der Waals surface area contributed by atoms with Crippen LogP contribution in [0.15, 0.2) is 41.1 Å². The Morgan fingerprint density at radius 3 is 2.54 bits per heavy atom. The Morgan fingerprint density at radius 1 is 1.14 bits per heavy atom. The zero-order valence-electron chi connectivity index (χ0n) is 16.7. The number of thioether (sulfide) groups is 1. The van der Waals surface area contributed by atoms with Gasteiger partial charge < -0.3 is 10.6 Å². The van der Waals surface area contributed by atoms with Crippen LogP contribution in [-0.4, -0.2) is 47.9 Å². The van der Waals surface area contributed by atoms with Crippen molar-refractivity contribution in [1.82, 2.24) is 10.2 Å². The molecule has 0 radical (unpaired) electrons. The highest BCUT2D eigenvalue weighted by Crippen LogP contribution is 2.22. The normalized spacial score (nSPS) is 12.0. The number of rotatable bonds is 11. The van der Waals surface area contributed by atoms with Crippen molar-refractivity contribution >= 4 is 40.6 Å². The number of likely N-dealkylation sites (N-methyl/N-ethyl adjacent to an activating group) is 1. The molecule has 0 saturated heterocycles. The molecule has 152 valence electrons. The first kappa shape index (κ1) is 22.5. The lowest BCUT2D eigenvalue weighted by Crippen LogP contribution is -2.38. The number of nitrogens with zero attached hydrogens (tertiary/aromatic N) is 1. The first-order chi connectivity index (χ1) is 13.5. The Morgan fingerprint density at radius 2 is 1.89 bits per heavy atom. The zero-order chi connectivity index (χ0) is 20.4. The minimum absolute atomic E-state index is 0.0410. The van der Waals surface area contributed by atoms with Gasteiger partial charge in [-0.15, -0.1) is 11.8 Å². The summed E-state index contributed by atoms with van der Waals surface area (Å²) in [4.78, 5) is 26.6. The molecule has 0 aliphatic heterocycles. The first-order valence-electron chi connectivity index (χ1n) is 9.50. The van der Waals surface area contributed by atoms with E-state index in [0.717, 1.165) is 24.3 Å². The summed E-state index contributed by atoms with van der Waals surface area (Å²) in [7, 11) is 0. The SMILES string of the molecule is CCN(CC)C(CNC(=O)CSCC(=O)Nc1cccc(C)c1)c1ccsc1. The maximum Gasteiger partial charge on any atom is 0.234 e. The van der Waals surface area contributed by atoms with Crippen LogP contribution in [-0.2, 0) is 9.59 Å². The van der Waals surface area contributed by atoms with Gasteiger partial charge in [-0.05, 0) is 60.1 Å². The van der Waals surface area contributed by atoms with Gasteiger partial charge in [-0.2, -0.15) is 11.3 Å². The van der Waals surface area contributed by atoms with E-state index < -0.39 is 0 Å². The Hall–Kier alpha value is -1.83. The highest BCUT2D eigenvalue weighted by atomic mass is 32.2. The molecule has 1 aromatic heterocycles. The van der Waals surface area contributed by atoms with E-state index in [9.17, 15) is 9.59 Å². The number of nitrogens with one attached hydrogen (secondary N) is 2. The van der Waals surface area contributed by atoms with E-state index in [1.54, 1.807) is 11.3 Å². The molecule has 0 fully saturated rings. The number of carbonyl (C=O) groups is 2. The van der Waals surface area contributed by atoms with E-state index in [1.807, 2.05) is 31.2 Å². The van der Waals surface area contributed by atoms with Crippen molar-refractivity contribution in [2.24, 2.45) is 0 Å². The van der Waals surface area contributed by atoms with E-state index in [2.05, 4.69) is 46.2 Å². The van der Waals surface area contributed by atoms with Gasteiger partial charge in [0.25, 0.3) is 0 Å². The van der Waals surface area contributed by atoms with E-state index in [4.69, 9.17) is 0 Å². The van der Waals surface area contributed by atoms with E-state index >= 15 is 0 Å². The summed E-state index contributed by atoms with van der Waals surface area (Å²) in [6, 6.07) is 9.97. The number of anilines is 1. The molecule has 2 rings (SSSR count). The van der Waals surface area contributed by atoms with Gasteiger partial charge in [0.05, 0.1) is 17.5 Å². The smallest absolute Gasteiger partial charge is 0.234 e. The van der Waals surface area contributed by atoms with Crippen LogP contribution in [0.2, 0.25) is 0 Å². The van der Waals surface area contributed by atoms with Crippen LogP contribution in [0.5, 0.6) is 0 Å². The van der Waals surface area contributed by atoms with Gasteiger partial charge in [-0.25, -0.2) is 0 Å². The third kappa shape index (κ3) is 7.30. The summed E-state index contributed by atoms with van der Waals surface area (Å²) in [5, 5.41) is 10.1. The summed E-state index contributed by atoms with van der Waals surface area (Å²) in [6.45, 7) is 8.69. The summed E-state index contributed by atoms with van der Waals surface area (Å²) in [5.41, 5.74) is 3.12. The van der Waals surface area contributed by atoms with Gasteiger partial charge in [0.1, 0.15) is 0 Å². The van der Waals surface area contributed by atoms with E-state index in [-0.39, 0.29) is 29.4 Å². The molecule has 0 aliphatic carbocycles. The van der Waals surface area contributed by atoms with Crippen LogP contribution in [0.3, 0.4) is 0 Å². The van der Waals surface area contributed by atoms with E-state index in [1.165, 1.54) is 17.3 Å². The number of carbonyl (C=O) groups excluding carboxylic acids is 2.